The molecule has 1 aromatic carbocycles. The van der Waals surface area contributed by atoms with E-state index in [9.17, 15) is 18.4 Å². The molecule has 0 bridgehead atoms. The molecular weight excluding hydrogens is 398 g/mol. The average Bonchev–Trinajstić information content (AvgIpc) is 3.21. The summed E-state index contributed by atoms with van der Waals surface area (Å²) in [6, 6.07) is 9.01. The fourth-order valence-corrected chi connectivity index (χ4v) is 4.45. The SMILES string of the molecule is COc1ccc(S(=O)(=O)c2ncccc2CN(O)NC(=O)C[C@H]2CCCO2)cc1. The predicted molar refractivity (Wildman–Crippen MR) is 102 cm³/mol. The van der Waals surface area contributed by atoms with E-state index in [1.165, 1.54) is 31.5 Å². The Bertz CT molecular complexity index is 943. The molecule has 0 radical (unpaired) electrons. The summed E-state index contributed by atoms with van der Waals surface area (Å²) >= 11 is 0. The number of hydrogen-bond acceptors (Lipinski definition) is 8. The zero-order valence-electron chi connectivity index (χ0n) is 15.9. The molecule has 29 heavy (non-hydrogen) atoms. The normalized spacial score (nSPS) is 16.7. The third-order valence-corrected chi connectivity index (χ3v) is 6.25. The number of rotatable bonds is 8. The van der Waals surface area contributed by atoms with Crippen molar-refractivity contribution >= 4 is 15.7 Å². The molecule has 1 atom stereocenters. The average molecular weight is 421 g/mol. The Morgan fingerprint density at radius 1 is 1.34 bits per heavy atom. The lowest BCUT2D eigenvalue weighted by Crippen LogP contribution is -2.40. The van der Waals surface area contributed by atoms with Gasteiger partial charge in [-0.05, 0) is 43.2 Å². The monoisotopic (exact) mass is 421 g/mol. The van der Waals surface area contributed by atoms with Crippen molar-refractivity contribution < 1.29 is 27.9 Å². The van der Waals surface area contributed by atoms with Crippen molar-refractivity contribution in [3.8, 4) is 5.75 Å². The van der Waals surface area contributed by atoms with Gasteiger partial charge in [0.2, 0.25) is 15.7 Å². The fourth-order valence-electron chi connectivity index (χ4n) is 3.06. The van der Waals surface area contributed by atoms with E-state index < -0.39 is 15.7 Å². The maximum absolute atomic E-state index is 13.0. The van der Waals surface area contributed by atoms with Gasteiger partial charge < -0.3 is 9.47 Å². The minimum Gasteiger partial charge on any atom is -0.497 e. The van der Waals surface area contributed by atoms with E-state index in [4.69, 9.17) is 9.47 Å². The standard InChI is InChI=1S/C19H23N3O6S/c1-27-15-6-8-17(9-7-15)29(25,26)19-14(4-2-10-20-19)13-22(24)21-18(23)12-16-5-3-11-28-16/h2,4,6-10,16,24H,3,5,11-13H2,1H3,(H,21,23)/t16-/m1/s1. The number of carbonyl (C=O) groups is 1. The number of hydrogen-bond donors (Lipinski definition) is 2. The molecular formula is C19H23N3O6S. The Balaban J connectivity index is 1.72. The van der Waals surface area contributed by atoms with Crippen LogP contribution in [0.3, 0.4) is 0 Å². The highest BCUT2D eigenvalue weighted by Crippen LogP contribution is 2.24. The van der Waals surface area contributed by atoms with Crippen LogP contribution in [0.2, 0.25) is 0 Å². The van der Waals surface area contributed by atoms with Gasteiger partial charge in [-0.3, -0.25) is 15.4 Å². The van der Waals surface area contributed by atoms with Gasteiger partial charge in [-0.15, -0.1) is 0 Å². The van der Waals surface area contributed by atoms with Crippen LogP contribution < -0.4 is 10.2 Å². The first-order valence-corrected chi connectivity index (χ1v) is 10.6. The second-order valence-corrected chi connectivity index (χ2v) is 8.44. The van der Waals surface area contributed by atoms with E-state index in [0.717, 1.165) is 12.8 Å². The van der Waals surface area contributed by atoms with Gasteiger partial charge in [0, 0.05) is 18.4 Å². The van der Waals surface area contributed by atoms with Gasteiger partial charge in [0.05, 0.1) is 31.1 Å². The first kappa shape index (κ1) is 21.2. The number of nitrogens with one attached hydrogen (secondary N) is 1. The van der Waals surface area contributed by atoms with Crippen LogP contribution in [-0.4, -0.2) is 49.5 Å². The van der Waals surface area contributed by atoms with Crippen molar-refractivity contribution in [1.29, 1.82) is 0 Å². The first-order chi connectivity index (χ1) is 13.9. The molecule has 1 amide bonds. The number of ether oxygens (including phenoxy) is 2. The molecule has 156 valence electrons. The molecule has 1 aromatic heterocycles. The zero-order chi connectivity index (χ0) is 20.9. The van der Waals surface area contributed by atoms with E-state index >= 15 is 0 Å². The summed E-state index contributed by atoms with van der Waals surface area (Å²) in [7, 11) is -2.44. The van der Waals surface area contributed by atoms with Crippen LogP contribution in [0.25, 0.3) is 0 Å². The minimum absolute atomic E-state index is 0.0464. The van der Waals surface area contributed by atoms with Crippen LogP contribution in [0.4, 0.5) is 0 Å². The number of hydroxylamine groups is 1. The van der Waals surface area contributed by atoms with E-state index in [1.807, 2.05) is 0 Å². The largest absolute Gasteiger partial charge is 0.497 e. The molecule has 1 saturated heterocycles. The minimum atomic E-state index is -3.92. The van der Waals surface area contributed by atoms with Crippen molar-refractivity contribution in [2.45, 2.75) is 41.8 Å². The number of sulfone groups is 1. The van der Waals surface area contributed by atoms with Crippen molar-refractivity contribution in [2.24, 2.45) is 0 Å². The van der Waals surface area contributed by atoms with Gasteiger partial charge in [0.1, 0.15) is 5.75 Å². The maximum atomic E-state index is 13.0. The Hall–Kier alpha value is -2.53. The second kappa shape index (κ2) is 9.31. The molecule has 0 saturated carbocycles. The van der Waals surface area contributed by atoms with Crippen LogP contribution in [-0.2, 0) is 25.9 Å². The second-order valence-electron chi connectivity index (χ2n) is 6.58. The molecule has 3 rings (SSSR count). The number of aromatic nitrogens is 1. The molecule has 2 N–H and O–H groups in total. The molecule has 10 heteroatoms. The van der Waals surface area contributed by atoms with Gasteiger partial charge in [-0.1, -0.05) is 11.2 Å². The van der Waals surface area contributed by atoms with Crippen molar-refractivity contribution in [3.05, 3.63) is 48.2 Å². The van der Waals surface area contributed by atoms with Crippen molar-refractivity contribution in [2.75, 3.05) is 13.7 Å². The summed E-state index contributed by atoms with van der Waals surface area (Å²) in [6.07, 6.45) is 3.03. The summed E-state index contributed by atoms with van der Waals surface area (Å²) in [6.45, 7) is 0.374. The number of benzene rings is 1. The quantitative estimate of drug-likeness (QED) is 0.619. The van der Waals surface area contributed by atoms with E-state index in [0.29, 0.717) is 17.5 Å². The fraction of sp³-hybridized carbons (Fsp3) is 0.368. The third kappa shape index (κ3) is 5.30. The lowest BCUT2D eigenvalue weighted by Gasteiger charge is -2.18. The molecule has 0 spiro atoms. The Labute approximate surface area is 169 Å². The van der Waals surface area contributed by atoms with Crippen LogP contribution in [0, 0.1) is 0 Å². The number of nitrogens with zero attached hydrogens (tertiary/aromatic N) is 2. The molecule has 1 aliphatic heterocycles. The maximum Gasteiger partial charge on any atom is 0.238 e. The summed E-state index contributed by atoms with van der Waals surface area (Å²) in [5.74, 6) is 0.114. The van der Waals surface area contributed by atoms with E-state index in [2.05, 4.69) is 10.4 Å². The summed E-state index contributed by atoms with van der Waals surface area (Å²) < 4.78 is 36.4. The lowest BCUT2D eigenvalue weighted by atomic mass is 10.2. The van der Waals surface area contributed by atoms with E-state index in [1.54, 1.807) is 18.2 Å². The summed E-state index contributed by atoms with van der Waals surface area (Å²) in [4.78, 5) is 16.1. The topological polar surface area (TPSA) is 118 Å². The summed E-state index contributed by atoms with van der Waals surface area (Å²) in [5.41, 5.74) is 2.56. The van der Waals surface area contributed by atoms with Gasteiger partial charge in [-0.2, -0.15) is 0 Å². The highest BCUT2D eigenvalue weighted by Gasteiger charge is 2.25. The van der Waals surface area contributed by atoms with Gasteiger partial charge in [-0.25, -0.2) is 13.4 Å². The van der Waals surface area contributed by atoms with Crippen LogP contribution in [0.1, 0.15) is 24.8 Å². The van der Waals surface area contributed by atoms with Gasteiger partial charge in [0.25, 0.3) is 0 Å². The molecule has 1 aliphatic rings. The number of amides is 1. The lowest BCUT2D eigenvalue weighted by molar-refractivity contribution is -0.167. The first-order valence-electron chi connectivity index (χ1n) is 9.10. The molecule has 9 nitrogen and oxygen atoms in total. The zero-order valence-corrected chi connectivity index (χ0v) is 16.8. The molecule has 2 heterocycles. The van der Waals surface area contributed by atoms with Crippen LogP contribution >= 0.6 is 0 Å². The Morgan fingerprint density at radius 2 is 2.10 bits per heavy atom. The summed E-state index contributed by atoms with van der Waals surface area (Å²) in [5, 5.41) is 10.5. The molecule has 2 aromatic rings. The highest BCUT2D eigenvalue weighted by molar-refractivity contribution is 7.91. The number of hydrazine groups is 1. The predicted octanol–water partition coefficient (Wildman–Crippen LogP) is 1.71. The van der Waals surface area contributed by atoms with Crippen LogP contribution in [0.15, 0.2) is 52.5 Å². The smallest absolute Gasteiger partial charge is 0.238 e. The van der Waals surface area contributed by atoms with Gasteiger partial charge in [0.15, 0.2) is 5.03 Å². The van der Waals surface area contributed by atoms with E-state index in [-0.39, 0.29) is 34.6 Å². The number of pyridine rings is 1. The van der Waals surface area contributed by atoms with Crippen LogP contribution in [0.5, 0.6) is 5.75 Å². The van der Waals surface area contributed by atoms with Crippen molar-refractivity contribution in [1.82, 2.24) is 15.6 Å². The van der Waals surface area contributed by atoms with Crippen molar-refractivity contribution in [3.63, 3.8) is 0 Å². The molecule has 0 aliphatic carbocycles. The number of carbonyl (C=O) groups excluding carboxylic acids is 1. The molecule has 0 unspecified atom stereocenters. The molecule has 1 fully saturated rings. The third-order valence-electron chi connectivity index (χ3n) is 4.49. The highest BCUT2D eigenvalue weighted by atomic mass is 32.2. The number of methoxy groups -OCH3 is 1. The Morgan fingerprint density at radius 3 is 2.76 bits per heavy atom. The Kier molecular flexibility index (Phi) is 6.80. The van der Waals surface area contributed by atoms with Gasteiger partial charge >= 0.3 is 0 Å².